The van der Waals surface area contributed by atoms with E-state index in [1.807, 2.05) is 13.8 Å². The number of carboxylic acid groups (broad SMARTS) is 1. The third kappa shape index (κ3) is 8.03. The van der Waals surface area contributed by atoms with Gasteiger partial charge >= 0.3 is 5.97 Å². The average Bonchev–Trinajstić information content (AvgIpc) is 2.26. The molecule has 0 aliphatic heterocycles. The molecule has 4 N–H and O–H groups in total. The summed E-state index contributed by atoms with van der Waals surface area (Å²) in [6.07, 6.45) is 1.44. The summed E-state index contributed by atoms with van der Waals surface area (Å²) in [5.74, 6) is -1.04. The molecule has 0 heterocycles. The van der Waals surface area contributed by atoms with Crippen LogP contribution in [-0.4, -0.2) is 43.3 Å². The Morgan fingerprint density at radius 3 is 2.50 bits per heavy atom. The van der Waals surface area contributed by atoms with Gasteiger partial charge in [-0.15, -0.1) is 0 Å². The van der Waals surface area contributed by atoms with Gasteiger partial charge in [0.1, 0.15) is 6.04 Å². The van der Waals surface area contributed by atoms with Gasteiger partial charge in [-0.2, -0.15) is 0 Å². The number of carbonyl (C=O) groups is 2. The zero-order valence-corrected chi connectivity index (χ0v) is 11.4. The Morgan fingerprint density at radius 1 is 1.39 bits per heavy atom. The minimum absolute atomic E-state index is 0.114. The van der Waals surface area contributed by atoms with Gasteiger partial charge in [0.2, 0.25) is 5.91 Å². The lowest BCUT2D eigenvalue weighted by Crippen LogP contribution is -2.44. The van der Waals surface area contributed by atoms with Crippen molar-refractivity contribution in [3.05, 3.63) is 0 Å². The van der Waals surface area contributed by atoms with Crippen molar-refractivity contribution in [1.29, 1.82) is 0 Å². The van der Waals surface area contributed by atoms with Crippen molar-refractivity contribution in [3.8, 4) is 0 Å². The van der Waals surface area contributed by atoms with Crippen LogP contribution in [-0.2, 0) is 14.3 Å². The number of rotatable bonds is 9. The summed E-state index contributed by atoms with van der Waals surface area (Å²) in [6, 6.07) is -0.655. The van der Waals surface area contributed by atoms with Crippen molar-refractivity contribution in [2.75, 3.05) is 20.3 Å². The predicted molar refractivity (Wildman–Crippen MR) is 68.1 cm³/mol. The normalized spacial score (nSPS) is 13.1. The fraction of sp³-hybridized carbons (Fsp3) is 0.833. The average molecular weight is 260 g/mol. The molecule has 0 aromatic rings. The maximum absolute atomic E-state index is 11.5. The highest BCUT2D eigenvalue weighted by Gasteiger charge is 2.20. The van der Waals surface area contributed by atoms with Crippen molar-refractivity contribution in [2.24, 2.45) is 11.1 Å². The highest BCUT2D eigenvalue weighted by atomic mass is 16.5. The molecule has 0 aliphatic carbocycles. The molecule has 106 valence electrons. The molecule has 1 amide bonds. The predicted octanol–water partition coefficient (Wildman–Crippen LogP) is 0.357. The summed E-state index contributed by atoms with van der Waals surface area (Å²) < 4.78 is 4.79. The van der Waals surface area contributed by atoms with E-state index in [2.05, 4.69) is 5.32 Å². The summed E-state index contributed by atoms with van der Waals surface area (Å²) in [5.41, 5.74) is 5.45. The fourth-order valence-electron chi connectivity index (χ4n) is 1.48. The molecule has 0 saturated heterocycles. The van der Waals surface area contributed by atoms with Crippen LogP contribution in [0, 0.1) is 5.41 Å². The molecule has 0 saturated carbocycles. The van der Waals surface area contributed by atoms with Crippen molar-refractivity contribution < 1.29 is 19.4 Å². The van der Waals surface area contributed by atoms with Gasteiger partial charge < -0.3 is 20.9 Å². The first kappa shape index (κ1) is 16.9. The third-order valence-electron chi connectivity index (χ3n) is 2.80. The molecular formula is C12H24N2O4. The van der Waals surface area contributed by atoms with Crippen LogP contribution in [0.2, 0.25) is 0 Å². The van der Waals surface area contributed by atoms with E-state index in [0.717, 1.165) is 0 Å². The van der Waals surface area contributed by atoms with Gasteiger partial charge in [0.25, 0.3) is 0 Å². The molecule has 6 heteroatoms. The molecule has 0 rings (SSSR count). The number of hydrogen-bond acceptors (Lipinski definition) is 4. The highest BCUT2D eigenvalue weighted by molar-refractivity contribution is 5.81. The van der Waals surface area contributed by atoms with Crippen molar-refractivity contribution in [3.63, 3.8) is 0 Å². The van der Waals surface area contributed by atoms with E-state index in [4.69, 9.17) is 15.6 Å². The van der Waals surface area contributed by atoms with Crippen LogP contribution in [0.4, 0.5) is 0 Å². The molecule has 0 radical (unpaired) electrons. The summed E-state index contributed by atoms with van der Waals surface area (Å²) in [4.78, 5) is 22.0. The van der Waals surface area contributed by atoms with Crippen LogP contribution in [0.5, 0.6) is 0 Å². The SMILES string of the molecule is COCC(N)C(=O)NCCC(C)(C)CCC(=O)O. The molecule has 0 aromatic heterocycles. The monoisotopic (exact) mass is 260 g/mol. The van der Waals surface area contributed by atoms with E-state index in [-0.39, 0.29) is 24.3 Å². The fourth-order valence-corrected chi connectivity index (χ4v) is 1.48. The smallest absolute Gasteiger partial charge is 0.303 e. The Bertz CT molecular complexity index is 279. The van der Waals surface area contributed by atoms with Gasteiger partial charge in [-0.25, -0.2) is 0 Å². The van der Waals surface area contributed by atoms with Crippen molar-refractivity contribution in [2.45, 2.75) is 39.2 Å². The van der Waals surface area contributed by atoms with E-state index >= 15 is 0 Å². The van der Waals surface area contributed by atoms with E-state index in [9.17, 15) is 9.59 Å². The zero-order chi connectivity index (χ0) is 14.2. The number of methoxy groups -OCH3 is 1. The molecule has 18 heavy (non-hydrogen) atoms. The van der Waals surface area contributed by atoms with Crippen LogP contribution in [0.1, 0.15) is 33.1 Å². The number of hydrogen-bond donors (Lipinski definition) is 3. The second-order valence-electron chi connectivity index (χ2n) is 5.16. The van der Waals surface area contributed by atoms with Crippen LogP contribution < -0.4 is 11.1 Å². The van der Waals surface area contributed by atoms with Gasteiger partial charge in [-0.05, 0) is 18.3 Å². The summed E-state index contributed by atoms with van der Waals surface area (Å²) in [5, 5.41) is 11.3. The maximum Gasteiger partial charge on any atom is 0.303 e. The summed E-state index contributed by atoms with van der Waals surface area (Å²) in [7, 11) is 1.49. The molecule has 1 unspecified atom stereocenters. The van der Waals surface area contributed by atoms with E-state index < -0.39 is 12.0 Å². The number of nitrogens with one attached hydrogen (secondary N) is 1. The molecule has 6 nitrogen and oxygen atoms in total. The number of nitrogens with two attached hydrogens (primary N) is 1. The number of aliphatic carboxylic acids is 1. The van der Waals surface area contributed by atoms with E-state index in [0.29, 0.717) is 19.4 Å². The number of carbonyl (C=O) groups excluding carboxylic acids is 1. The van der Waals surface area contributed by atoms with E-state index in [1.54, 1.807) is 0 Å². The van der Waals surface area contributed by atoms with E-state index in [1.165, 1.54) is 7.11 Å². The molecular weight excluding hydrogens is 236 g/mol. The van der Waals surface area contributed by atoms with Gasteiger partial charge in [-0.1, -0.05) is 13.8 Å². The Labute approximate surface area is 108 Å². The number of amides is 1. The lowest BCUT2D eigenvalue weighted by molar-refractivity contribution is -0.137. The third-order valence-corrected chi connectivity index (χ3v) is 2.80. The molecule has 0 bridgehead atoms. The van der Waals surface area contributed by atoms with Crippen LogP contribution in [0.25, 0.3) is 0 Å². The van der Waals surface area contributed by atoms with Crippen molar-refractivity contribution >= 4 is 11.9 Å². The van der Waals surface area contributed by atoms with Crippen LogP contribution >= 0.6 is 0 Å². The second kappa shape index (κ2) is 8.05. The lowest BCUT2D eigenvalue weighted by Gasteiger charge is -2.24. The minimum atomic E-state index is -0.797. The first-order valence-corrected chi connectivity index (χ1v) is 6.02. The quantitative estimate of drug-likeness (QED) is 0.555. The zero-order valence-electron chi connectivity index (χ0n) is 11.4. The Morgan fingerprint density at radius 2 is 2.00 bits per heavy atom. The topological polar surface area (TPSA) is 102 Å². The Hall–Kier alpha value is -1.14. The summed E-state index contributed by atoms with van der Waals surface area (Å²) >= 11 is 0. The Balaban J connectivity index is 3.88. The van der Waals surface area contributed by atoms with Crippen molar-refractivity contribution in [1.82, 2.24) is 5.32 Å². The van der Waals surface area contributed by atoms with Gasteiger partial charge in [0.05, 0.1) is 6.61 Å². The number of carboxylic acids is 1. The van der Waals surface area contributed by atoms with Gasteiger partial charge in [0.15, 0.2) is 0 Å². The first-order chi connectivity index (χ1) is 8.28. The lowest BCUT2D eigenvalue weighted by atomic mass is 9.84. The second-order valence-corrected chi connectivity index (χ2v) is 5.16. The molecule has 0 fully saturated rings. The van der Waals surface area contributed by atoms with Crippen LogP contribution in [0.3, 0.4) is 0 Å². The Kier molecular flexibility index (Phi) is 7.54. The molecule has 0 spiro atoms. The summed E-state index contributed by atoms with van der Waals surface area (Å²) in [6.45, 7) is 4.64. The minimum Gasteiger partial charge on any atom is -0.481 e. The molecule has 0 aromatic carbocycles. The van der Waals surface area contributed by atoms with Gasteiger partial charge in [0, 0.05) is 20.1 Å². The molecule has 1 atom stereocenters. The maximum atomic E-state index is 11.5. The van der Waals surface area contributed by atoms with Gasteiger partial charge in [-0.3, -0.25) is 9.59 Å². The standard InChI is InChI=1S/C12H24N2O4/c1-12(2,5-4-10(15)16)6-7-14-11(17)9(13)8-18-3/h9H,4-8,13H2,1-3H3,(H,14,17)(H,15,16). The molecule has 0 aliphatic rings. The first-order valence-electron chi connectivity index (χ1n) is 6.02. The highest BCUT2D eigenvalue weighted by Crippen LogP contribution is 2.25. The largest absolute Gasteiger partial charge is 0.481 e. The van der Waals surface area contributed by atoms with Crippen LogP contribution in [0.15, 0.2) is 0 Å². The number of ether oxygens (including phenoxy) is 1.